The van der Waals surface area contributed by atoms with Gasteiger partial charge in [0.25, 0.3) is 0 Å². The number of halogens is 1. The molecule has 2 amide bonds. The van der Waals surface area contributed by atoms with Crippen LogP contribution in [0.4, 0.5) is 5.69 Å². The minimum absolute atomic E-state index is 0.125. The standard InChI is InChI=1S/C32H41BrN4O4S/c1-6-7-18-34-32(39)30(21-26-12-9-8-10-13-26)36(22-27-14-11-15-28(33)20-27)31(38)23-37(42(40,41)35(4)5)29-19-24(2)16-17-25(29)3/h8-17,19-20,30H,6-7,18,21-23H2,1-5H3,(H,34,39). The molecule has 1 unspecified atom stereocenters. The second-order valence-electron chi connectivity index (χ2n) is 10.6. The van der Waals surface area contributed by atoms with Crippen LogP contribution in [0.1, 0.15) is 42.0 Å². The molecule has 3 aromatic carbocycles. The Hall–Kier alpha value is -3.21. The summed E-state index contributed by atoms with van der Waals surface area (Å²) in [5, 5.41) is 3.00. The molecule has 8 nitrogen and oxygen atoms in total. The second-order valence-corrected chi connectivity index (χ2v) is 13.6. The molecule has 226 valence electrons. The Balaban J connectivity index is 2.11. The first-order chi connectivity index (χ1) is 19.9. The van der Waals surface area contributed by atoms with Gasteiger partial charge in [-0.25, -0.2) is 4.31 Å². The van der Waals surface area contributed by atoms with Crippen LogP contribution in [0.3, 0.4) is 0 Å². The van der Waals surface area contributed by atoms with Crippen LogP contribution in [0.2, 0.25) is 0 Å². The summed E-state index contributed by atoms with van der Waals surface area (Å²) in [7, 11) is -1.17. The Kier molecular flexibility index (Phi) is 12.1. The molecule has 0 fully saturated rings. The molecular formula is C32H41BrN4O4S. The Morgan fingerprint density at radius 1 is 0.929 bits per heavy atom. The topological polar surface area (TPSA) is 90.0 Å². The van der Waals surface area contributed by atoms with E-state index in [9.17, 15) is 18.0 Å². The zero-order chi connectivity index (χ0) is 30.9. The van der Waals surface area contributed by atoms with E-state index in [0.29, 0.717) is 12.2 Å². The lowest BCUT2D eigenvalue weighted by atomic mass is 10.0. The van der Waals surface area contributed by atoms with Gasteiger partial charge in [0.1, 0.15) is 12.6 Å². The Bertz CT molecular complexity index is 1460. The van der Waals surface area contributed by atoms with Crippen molar-refractivity contribution in [1.29, 1.82) is 0 Å². The maximum atomic E-state index is 14.4. The molecule has 0 spiro atoms. The van der Waals surface area contributed by atoms with Crippen LogP contribution in [0.25, 0.3) is 0 Å². The molecule has 0 saturated carbocycles. The fraction of sp³-hybridized carbons (Fsp3) is 0.375. The fourth-order valence-electron chi connectivity index (χ4n) is 4.58. The Morgan fingerprint density at radius 2 is 1.62 bits per heavy atom. The largest absolute Gasteiger partial charge is 0.354 e. The number of nitrogens with zero attached hydrogens (tertiary/aromatic N) is 3. The number of carbonyl (C=O) groups excluding carboxylic acids is 2. The SMILES string of the molecule is CCCCNC(=O)C(Cc1ccccc1)N(Cc1cccc(Br)c1)C(=O)CN(c1cc(C)ccc1C)S(=O)(=O)N(C)C. The van der Waals surface area contributed by atoms with E-state index in [4.69, 9.17) is 0 Å². The monoisotopic (exact) mass is 656 g/mol. The summed E-state index contributed by atoms with van der Waals surface area (Å²) < 4.78 is 30.3. The van der Waals surface area contributed by atoms with Gasteiger partial charge in [-0.3, -0.25) is 9.59 Å². The molecule has 0 aliphatic heterocycles. The van der Waals surface area contributed by atoms with E-state index in [1.54, 1.807) is 6.07 Å². The van der Waals surface area contributed by atoms with Crippen LogP contribution in [-0.4, -0.2) is 62.7 Å². The van der Waals surface area contributed by atoms with Crippen molar-refractivity contribution in [2.24, 2.45) is 0 Å². The van der Waals surface area contributed by atoms with E-state index in [-0.39, 0.29) is 18.9 Å². The normalized spacial score (nSPS) is 12.2. The molecule has 0 heterocycles. The summed E-state index contributed by atoms with van der Waals surface area (Å²) in [6, 6.07) is 21.7. The van der Waals surface area contributed by atoms with Crippen LogP contribution < -0.4 is 9.62 Å². The van der Waals surface area contributed by atoms with Crippen molar-refractivity contribution in [2.45, 2.75) is 52.6 Å². The molecular weight excluding hydrogens is 616 g/mol. The number of amides is 2. The molecule has 0 saturated heterocycles. The van der Waals surface area contributed by atoms with Gasteiger partial charge < -0.3 is 10.2 Å². The van der Waals surface area contributed by atoms with Crippen LogP contribution >= 0.6 is 15.9 Å². The first-order valence-corrected chi connectivity index (χ1v) is 16.3. The minimum Gasteiger partial charge on any atom is -0.354 e. The van der Waals surface area contributed by atoms with Gasteiger partial charge in [0, 0.05) is 38.1 Å². The molecule has 0 aliphatic carbocycles. The maximum absolute atomic E-state index is 14.4. The van der Waals surface area contributed by atoms with Crippen LogP contribution in [0, 0.1) is 13.8 Å². The number of rotatable bonds is 14. The molecule has 0 bridgehead atoms. The third-order valence-electron chi connectivity index (χ3n) is 6.99. The van der Waals surface area contributed by atoms with Crippen molar-refractivity contribution < 1.29 is 18.0 Å². The van der Waals surface area contributed by atoms with E-state index in [1.807, 2.05) is 87.5 Å². The number of benzene rings is 3. The number of nitrogens with one attached hydrogen (secondary N) is 1. The third kappa shape index (κ3) is 8.89. The number of aryl methyl sites for hydroxylation is 2. The van der Waals surface area contributed by atoms with Crippen LogP contribution in [0.15, 0.2) is 77.3 Å². The zero-order valence-corrected chi connectivity index (χ0v) is 27.4. The predicted molar refractivity (Wildman–Crippen MR) is 172 cm³/mol. The molecule has 3 rings (SSSR count). The quantitative estimate of drug-likeness (QED) is 0.241. The first kappa shape index (κ1) is 33.3. The summed E-state index contributed by atoms with van der Waals surface area (Å²) in [4.78, 5) is 29.6. The minimum atomic E-state index is -4.05. The van der Waals surface area contributed by atoms with E-state index < -0.39 is 28.7 Å². The van der Waals surface area contributed by atoms with Gasteiger partial charge in [0.15, 0.2) is 0 Å². The molecule has 10 heteroatoms. The number of hydrogen-bond acceptors (Lipinski definition) is 4. The summed E-state index contributed by atoms with van der Waals surface area (Å²) in [6.07, 6.45) is 2.00. The molecule has 1 atom stereocenters. The van der Waals surface area contributed by atoms with Gasteiger partial charge in [-0.2, -0.15) is 12.7 Å². The summed E-state index contributed by atoms with van der Waals surface area (Å²) in [5.41, 5.74) is 3.71. The highest BCUT2D eigenvalue weighted by Crippen LogP contribution is 2.26. The lowest BCUT2D eigenvalue weighted by Crippen LogP contribution is -2.54. The first-order valence-electron chi connectivity index (χ1n) is 14.1. The van der Waals surface area contributed by atoms with Gasteiger partial charge in [-0.05, 0) is 60.7 Å². The van der Waals surface area contributed by atoms with Gasteiger partial charge in [-0.15, -0.1) is 0 Å². The van der Waals surface area contributed by atoms with Crippen molar-refractivity contribution in [2.75, 3.05) is 31.5 Å². The lowest BCUT2D eigenvalue weighted by Gasteiger charge is -2.35. The van der Waals surface area contributed by atoms with Crippen LogP contribution in [0.5, 0.6) is 0 Å². The molecule has 0 aliphatic rings. The maximum Gasteiger partial charge on any atom is 0.304 e. The van der Waals surface area contributed by atoms with Crippen molar-refractivity contribution in [3.63, 3.8) is 0 Å². The number of unbranched alkanes of at least 4 members (excludes halogenated alkanes) is 1. The van der Waals surface area contributed by atoms with E-state index in [1.165, 1.54) is 19.0 Å². The highest BCUT2D eigenvalue weighted by atomic mass is 79.9. The molecule has 0 radical (unpaired) electrons. The number of carbonyl (C=O) groups is 2. The molecule has 1 N–H and O–H groups in total. The van der Waals surface area contributed by atoms with E-state index >= 15 is 0 Å². The lowest BCUT2D eigenvalue weighted by molar-refractivity contribution is -0.140. The molecule has 42 heavy (non-hydrogen) atoms. The fourth-order valence-corrected chi connectivity index (χ4v) is 6.14. The van der Waals surface area contributed by atoms with Crippen molar-refractivity contribution in [3.05, 3.63) is 99.5 Å². The Labute approximate surface area is 259 Å². The van der Waals surface area contributed by atoms with Crippen LogP contribution in [-0.2, 0) is 32.8 Å². The second kappa shape index (κ2) is 15.3. The van der Waals surface area contributed by atoms with Crippen molar-refractivity contribution in [1.82, 2.24) is 14.5 Å². The van der Waals surface area contributed by atoms with Gasteiger partial charge in [0.2, 0.25) is 11.8 Å². The summed E-state index contributed by atoms with van der Waals surface area (Å²) in [5.74, 6) is -0.753. The Morgan fingerprint density at radius 3 is 2.26 bits per heavy atom. The highest BCUT2D eigenvalue weighted by molar-refractivity contribution is 9.10. The van der Waals surface area contributed by atoms with Gasteiger partial charge in [-0.1, -0.05) is 83.9 Å². The number of hydrogen-bond donors (Lipinski definition) is 1. The highest BCUT2D eigenvalue weighted by Gasteiger charge is 2.35. The molecule has 0 aromatic heterocycles. The average molecular weight is 658 g/mol. The van der Waals surface area contributed by atoms with Gasteiger partial charge in [0.05, 0.1) is 5.69 Å². The van der Waals surface area contributed by atoms with Crippen molar-refractivity contribution >= 4 is 43.6 Å². The number of anilines is 1. The van der Waals surface area contributed by atoms with E-state index in [2.05, 4.69) is 21.2 Å². The summed E-state index contributed by atoms with van der Waals surface area (Å²) in [6.45, 7) is 5.89. The average Bonchev–Trinajstić information content (AvgIpc) is 2.95. The van der Waals surface area contributed by atoms with Gasteiger partial charge >= 0.3 is 10.2 Å². The predicted octanol–water partition coefficient (Wildman–Crippen LogP) is 5.24. The third-order valence-corrected chi connectivity index (χ3v) is 9.29. The van der Waals surface area contributed by atoms with E-state index in [0.717, 1.165) is 48.2 Å². The summed E-state index contributed by atoms with van der Waals surface area (Å²) >= 11 is 3.50. The smallest absolute Gasteiger partial charge is 0.304 e. The van der Waals surface area contributed by atoms with Crippen molar-refractivity contribution in [3.8, 4) is 0 Å². The molecule has 3 aromatic rings. The zero-order valence-electron chi connectivity index (χ0n) is 25.0.